The minimum atomic E-state index is 0.758. The Hall–Kier alpha value is -2.10. The number of hydrogen-bond donors (Lipinski definition) is 1. The topological polar surface area (TPSA) is 47.0 Å². The lowest BCUT2D eigenvalue weighted by Crippen LogP contribution is -2.08. The van der Waals surface area contributed by atoms with Gasteiger partial charge in [0.2, 0.25) is 0 Å². The first kappa shape index (κ1) is 11.4. The molecule has 88 valence electrons. The second-order valence-electron chi connectivity index (χ2n) is 3.55. The van der Waals surface area contributed by atoms with Gasteiger partial charge in [0.05, 0.1) is 7.11 Å². The molecule has 0 unspecified atom stereocenters. The molecular formula is C13H15N3O. The molecule has 0 saturated heterocycles. The summed E-state index contributed by atoms with van der Waals surface area (Å²) in [6.45, 7) is 0.782. The molecule has 0 saturated carbocycles. The summed E-state index contributed by atoms with van der Waals surface area (Å²) in [6.07, 6.45) is 4.41. The fourth-order valence-corrected chi connectivity index (χ4v) is 1.54. The lowest BCUT2D eigenvalue weighted by atomic mass is 10.3. The monoisotopic (exact) mass is 229 g/mol. The second-order valence-corrected chi connectivity index (χ2v) is 3.55. The van der Waals surface area contributed by atoms with Crippen LogP contribution in [0.4, 0.5) is 5.82 Å². The molecule has 0 fully saturated rings. The molecule has 1 N–H and O–H groups in total. The molecular weight excluding hydrogens is 214 g/mol. The van der Waals surface area contributed by atoms with E-state index in [0.717, 1.165) is 30.2 Å². The highest BCUT2D eigenvalue weighted by Crippen LogP contribution is 2.19. The van der Waals surface area contributed by atoms with Crippen molar-refractivity contribution < 1.29 is 4.74 Å². The molecule has 0 atom stereocenters. The molecule has 2 heterocycles. The third-order valence-electron chi connectivity index (χ3n) is 2.39. The predicted octanol–water partition coefficient (Wildman–Crippen LogP) is 2.14. The summed E-state index contributed by atoms with van der Waals surface area (Å²) in [7, 11) is 1.64. The molecule has 0 aliphatic rings. The number of nitrogens with one attached hydrogen (secondary N) is 1. The Balaban J connectivity index is 1.90. The summed E-state index contributed by atoms with van der Waals surface area (Å²) in [5, 5.41) is 3.24. The van der Waals surface area contributed by atoms with E-state index < -0.39 is 0 Å². The van der Waals surface area contributed by atoms with Crippen molar-refractivity contribution in [1.82, 2.24) is 9.97 Å². The molecule has 2 aromatic rings. The van der Waals surface area contributed by atoms with Gasteiger partial charge in [0.15, 0.2) is 11.6 Å². The van der Waals surface area contributed by atoms with Crippen LogP contribution in [0.5, 0.6) is 5.75 Å². The average molecular weight is 229 g/mol. The first-order valence-corrected chi connectivity index (χ1v) is 5.53. The highest BCUT2D eigenvalue weighted by molar-refractivity contribution is 5.49. The Morgan fingerprint density at radius 2 is 2.00 bits per heavy atom. The van der Waals surface area contributed by atoms with Gasteiger partial charge in [0.25, 0.3) is 0 Å². The molecule has 17 heavy (non-hydrogen) atoms. The molecule has 0 spiro atoms. The van der Waals surface area contributed by atoms with Gasteiger partial charge in [-0.1, -0.05) is 6.07 Å². The molecule has 0 amide bonds. The van der Waals surface area contributed by atoms with Gasteiger partial charge >= 0.3 is 0 Å². The molecule has 0 aliphatic carbocycles. The predicted molar refractivity (Wildman–Crippen MR) is 67.2 cm³/mol. The van der Waals surface area contributed by atoms with Gasteiger partial charge in [0, 0.05) is 31.1 Å². The summed E-state index contributed by atoms with van der Waals surface area (Å²) in [6, 6.07) is 9.65. The average Bonchev–Trinajstić information content (AvgIpc) is 2.40. The lowest BCUT2D eigenvalue weighted by Gasteiger charge is -2.09. The van der Waals surface area contributed by atoms with Crippen molar-refractivity contribution >= 4 is 5.82 Å². The zero-order valence-electron chi connectivity index (χ0n) is 9.76. The van der Waals surface area contributed by atoms with Crippen molar-refractivity contribution in [3.8, 4) is 5.75 Å². The highest BCUT2D eigenvalue weighted by Gasteiger charge is 2.01. The number of anilines is 1. The molecule has 4 nitrogen and oxygen atoms in total. The number of aromatic nitrogens is 2. The van der Waals surface area contributed by atoms with Crippen LogP contribution in [-0.4, -0.2) is 23.6 Å². The van der Waals surface area contributed by atoms with Gasteiger partial charge in [-0.05, 0) is 24.3 Å². The molecule has 0 aromatic carbocycles. The summed E-state index contributed by atoms with van der Waals surface area (Å²) in [5.74, 6) is 1.53. The zero-order valence-corrected chi connectivity index (χ0v) is 9.76. The standard InChI is InChI=1S/C13H15N3O/c1-17-12-6-4-9-15-13(12)16-10-7-11-5-2-3-8-14-11/h2-6,8-9H,7,10H2,1H3,(H,15,16). The van der Waals surface area contributed by atoms with Crippen LogP contribution in [0.25, 0.3) is 0 Å². The summed E-state index contributed by atoms with van der Waals surface area (Å²) >= 11 is 0. The second kappa shape index (κ2) is 5.84. The van der Waals surface area contributed by atoms with Gasteiger partial charge in [0.1, 0.15) is 0 Å². The van der Waals surface area contributed by atoms with Gasteiger partial charge < -0.3 is 10.1 Å². The van der Waals surface area contributed by atoms with E-state index in [0.29, 0.717) is 0 Å². The fourth-order valence-electron chi connectivity index (χ4n) is 1.54. The summed E-state index contributed by atoms with van der Waals surface area (Å²) < 4.78 is 5.21. The van der Waals surface area contributed by atoms with Crippen molar-refractivity contribution in [2.75, 3.05) is 19.0 Å². The third kappa shape index (κ3) is 3.17. The Morgan fingerprint density at radius 3 is 2.76 bits per heavy atom. The number of hydrogen-bond acceptors (Lipinski definition) is 4. The van der Waals surface area contributed by atoms with Crippen molar-refractivity contribution in [2.24, 2.45) is 0 Å². The Bertz CT molecular complexity index is 459. The van der Waals surface area contributed by atoms with Crippen LogP contribution < -0.4 is 10.1 Å². The van der Waals surface area contributed by atoms with Crippen LogP contribution in [0.2, 0.25) is 0 Å². The minimum Gasteiger partial charge on any atom is -0.493 e. The van der Waals surface area contributed by atoms with E-state index in [2.05, 4.69) is 15.3 Å². The Morgan fingerprint density at radius 1 is 1.12 bits per heavy atom. The number of ether oxygens (including phenoxy) is 1. The van der Waals surface area contributed by atoms with E-state index in [9.17, 15) is 0 Å². The smallest absolute Gasteiger partial charge is 0.168 e. The maximum absolute atomic E-state index is 5.21. The van der Waals surface area contributed by atoms with Gasteiger partial charge in [-0.3, -0.25) is 4.98 Å². The maximum atomic E-state index is 5.21. The summed E-state index contributed by atoms with van der Waals surface area (Å²) in [5.41, 5.74) is 1.06. The van der Waals surface area contributed by atoms with E-state index in [4.69, 9.17) is 4.74 Å². The molecule has 4 heteroatoms. The zero-order chi connectivity index (χ0) is 11.9. The first-order valence-electron chi connectivity index (χ1n) is 5.53. The third-order valence-corrected chi connectivity index (χ3v) is 2.39. The largest absolute Gasteiger partial charge is 0.493 e. The van der Waals surface area contributed by atoms with E-state index in [1.165, 1.54) is 0 Å². The Kier molecular flexibility index (Phi) is 3.91. The van der Waals surface area contributed by atoms with Crippen molar-refractivity contribution in [1.29, 1.82) is 0 Å². The quantitative estimate of drug-likeness (QED) is 0.853. The summed E-state index contributed by atoms with van der Waals surface area (Å²) in [4.78, 5) is 8.49. The number of pyridine rings is 2. The first-order chi connectivity index (χ1) is 8.40. The van der Waals surface area contributed by atoms with Crippen LogP contribution in [0.3, 0.4) is 0 Å². The van der Waals surface area contributed by atoms with E-state index in [-0.39, 0.29) is 0 Å². The van der Waals surface area contributed by atoms with Crippen LogP contribution in [-0.2, 0) is 6.42 Å². The van der Waals surface area contributed by atoms with E-state index in [1.54, 1.807) is 19.5 Å². The molecule has 2 rings (SSSR count). The molecule has 2 aromatic heterocycles. The van der Waals surface area contributed by atoms with Crippen molar-refractivity contribution in [3.63, 3.8) is 0 Å². The van der Waals surface area contributed by atoms with E-state index >= 15 is 0 Å². The number of rotatable bonds is 5. The van der Waals surface area contributed by atoms with Crippen molar-refractivity contribution in [2.45, 2.75) is 6.42 Å². The van der Waals surface area contributed by atoms with Crippen LogP contribution >= 0.6 is 0 Å². The SMILES string of the molecule is COc1cccnc1NCCc1ccccn1. The van der Waals surface area contributed by atoms with Crippen LogP contribution in [0.1, 0.15) is 5.69 Å². The van der Waals surface area contributed by atoms with Gasteiger partial charge in [-0.15, -0.1) is 0 Å². The molecule has 0 aliphatic heterocycles. The maximum Gasteiger partial charge on any atom is 0.168 e. The van der Waals surface area contributed by atoms with Crippen LogP contribution in [0.15, 0.2) is 42.7 Å². The van der Waals surface area contributed by atoms with Crippen molar-refractivity contribution in [3.05, 3.63) is 48.4 Å². The van der Waals surface area contributed by atoms with Crippen LogP contribution in [0, 0.1) is 0 Å². The normalized spacial score (nSPS) is 9.94. The van der Waals surface area contributed by atoms with E-state index in [1.807, 2.05) is 30.3 Å². The molecule has 0 bridgehead atoms. The molecule has 0 radical (unpaired) electrons. The number of methoxy groups -OCH3 is 1. The lowest BCUT2D eigenvalue weighted by molar-refractivity contribution is 0.415. The minimum absolute atomic E-state index is 0.758. The highest BCUT2D eigenvalue weighted by atomic mass is 16.5. The fraction of sp³-hybridized carbons (Fsp3) is 0.231. The number of nitrogens with zero attached hydrogens (tertiary/aromatic N) is 2. The van der Waals surface area contributed by atoms with Gasteiger partial charge in [-0.2, -0.15) is 0 Å². The Labute approximate surface area is 101 Å². The van der Waals surface area contributed by atoms with Gasteiger partial charge in [-0.25, -0.2) is 4.98 Å².